The Morgan fingerprint density at radius 3 is 0.500 bits per heavy atom. The molecule has 0 saturated carbocycles. The predicted molar refractivity (Wildman–Crippen MR) is 123 cm³/mol. The van der Waals surface area contributed by atoms with Crippen molar-refractivity contribution in [2.45, 2.75) is 157 Å². The Bertz CT molecular complexity index is 428. The molecule has 0 aliphatic carbocycles. The summed E-state index contributed by atoms with van der Waals surface area (Å²) in [5, 5.41) is 20.1. The molecule has 0 aromatic carbocycles. The van der Waals surface area contributed by atoms with Gasteiger partial charge >= 0.3 is 0 Å². The van der Waals surface area contributed by atoms with Gasteiger partial charge in [0.1, 0.15) is 0 Å². The molecule has 6 aliphatic rings. The lowest BCUT2D eigenvalue weighted by atomic mass is 10.0. The number of fused-ring (bicyclic) bond motifs is 10. The lowest BCUT2D eigenvalue weighted by Gasteiger charge is -2.24. The van der Waals surface area contributed by atoms with Gasteiger partial charge < -0.3 is 26.6 Å². The summed E-state index contributed by atoms with van der Waals surface area (Å²) in [5.41, 5.74) is 0. The summed E-state index contributed by atoms with van der Waals surface area (Å²) in [6.07, 6.45) is 20.7. The van der Waals surface area contributed by atoms with Gasteiger partial charge in [0.05, 0.1) is 0 Å². The Balaban J connectivity index is 1.10. The first-order valence-corrected chi connectivity index (χ1v) is 13.6. The third kappa shape index (κ3) is 4.76. The highest BCUT2D eigenvalue weighted by Gasteiger charge is 2.36. The molecular formula is C25H45N5. The van der Waals surface area contributed by atoms with E-state index in [1.54, 1.807) is 0 Å². The summed E-state index contributed by atoms with van der Waals surface area (Å²) in [6.45, 7) is 0. The van der Waals surface area contributed by atoms with Gasteiger partial charge in [0.25, 0.3) is 0 Å². The van der Waals surface area contributed by atoms with E-state index in [0.717, 1.165) is 60.4 Å². The molecule has 170 valence electrons. The van der Waals surface area contributed by atoms with Crippen LogP contribution in [0.3, 0.4) is 0 Å². The molecule has 6 rings (SSSR count). The van der Waals surface area contributed by atoms with Crippen molar-refractivity contribution in [2.75, 3.05) is 0 Å². The monoisotopic (exact) mass is 415 g/mol. The van der Waals surface area contributed by atoms with Crippen molar-refractivity contribution in [2.24, 2.45) is 0 Å². The fraction of sp³-hybridized carbons (Fsp3) is 1.00. The number of rotatable bonds is 0. The van der Waals surface area contributed by atoms with Gasteiger partial charge in [0, 0.05) is 60.4 Å². The van der Waals surface area contributed by atoms with E-state index in [2.05, 4.69) is 26.6 Å². The molecule has 10 unspecified atom stereocenters. The van der Waals surface area contributed by atoms with Crippen LogP contribution in [0.2, 0.25) is 0 Å². The van der Waals surface area contributed by atoms with E-state index in [1.807, 2.05) is 0 Å². The summed E-state index contributed by atoms with van der Waals surface area (Å²) in [5.74, 6) is 0. The maximum absolute atomic E-state index is 4.03. The van der Waals surface area contributed by atoms with Crippen molar-refractivity contribution in [3.63, 3.8) is 0 Å². The van der Waals surface area contributed by atoms with Crippen LogP contribution >= 0.6 is 0 Å². The maximum Gasteiger partial charge on any atom is 0.00850 e. The van der Waals surface area contributed by atoms with Gasteiger partial charge in [-0.15, -0.1) is 0 Å². The second kappa shape index (κ2) is 8.97. The van der Waals surface area contributed by atoms with E-state index in [-0.39, 0.29) is 0 Å². The van der Waals surface area contributed by atoms with Crippen molar-refractivity contribution in [3.8, 4) is 0 Å². The van der Waals surface area contributed by atoms with E-state index >= 15 is 0 Å². The average molecular weight is 416 g/mol. The smallest absolute Gasteiger partial charge is 0.00850 e. The fourth-order valence-corrected chi connectivity index (χ4v) is 8.09. The van der Waals surface area contributed by atoms with Gasteiger partial charge in [-0.1, -0.05) is 0 Å². The van der Waals surface area contributed by atoms with Gasteiger partial charge in [-0.25, -0.2) is 0 Å². The number of hydrogen-bond donors (Lipinski definition) is 5. The Kier molecular flexibility index (Phi) is 6.11. The summed E-state index contributed by atoms with van der Waals surface area (Å²) in [7, 11) is 0. The predicted octanol–water partition coefficient (Wildman–Crippen LogP) is 2.55. The molecule has 0 spiro atoms. The van der Waals surface area contributed by atoms with Crippen LogP contribution in [0, 0.1) is 0 Å². The normalized spacial score (nSPS) is 52.0. The molecule has 6 aliphatic heterocycles. The van der Waals surface area contributed by atoms with E-state index in [4.69, 9.17) is 0 Å². The standard InChI is InChI=1S/C25H45N5/c1-2-17-12-19-5-6-21(28-19)14-23-9-10-25(30-23)15-24-8-7-22(29-24)13-20-4-3-18(27-20)11-16(1)26-17/h16-30H,1-15H2. The summed E-state index contributed by atoms with van der Waals surface area (Å²) >= 11 is 0. The molecule has 6 saturated heterocycles. The Labute approximate surface area is 183 Å². The first kappa shape index (κ1) is 20.4. The number of nitrogens with one attached hydrogen (secondary N) is 5. The third-order valence-electron chi connectivity index (χ3n) is 9.52. The Hall–Kier alpha value is -0.200. The molecule has 0 radical (unpaired) electrons. The van der Waals surface area contributed by atoms with Crippen LogP contribution in [0.15, 0.2) is 0 Å². The van der Waals surface area contributed by atoms with Crippen molar-refractivity contribution in [1.29, 1.82) is 0 Å². The van der Waals surface area contributed by atoms with E-state index in [0.29, 0.717) is 0 Å². The minimum Gasteiger partial charge on any atom is -0.311 e. The highest BCUT2D eigenvalue weighted by atomic mass is 15.1. The highest BCUT2D eigenvalue weighted by molar-refractivity contribution is 4.98. The van der Waals surface area contributed by atoms with Crippen LogP contribution in [0.4, 0.5) is 0 Å². The van der Waals surface area contributed by atoms with Crippen molar-refractivity contribution in [1.82, 2.24) is 26.6 Å². The molecule has 5 heteroatoms. The molecule has 10 bridgehead atoms. The van der Waals surface area contributed by atoms with Crippen molar-refractivity contribution < 1.29 is 0 Å². The van der Waals surface area contributed by atoms with Gasteiger partial charge in [-0.2, -0.15) is 0 Å². The van der Waals surface area contributed by atoms with Crippen LogP contribution < -0.4 is 26.6 Å². The SMILES string of the molecule is C1CC2CC3CCC(CC4CCC(CC5CCC(CC6CCC(CC1N2)N6)N5)N4)N3. The molecule has 0 aromatic rings. The molecule has 0 amide bonds. The number of hydrogen-bond acceptors (Lipinski definition) is 5. The van der Waals surface area contributed by atoms with Crippen LogP contribution in [0.25, 0.3) is 0 Å². The summed E-state index contributed by atoms with van der Waals surface area (Å²) in [6, 6.07) is 7.52. The molecule has 30 heavy (non-hydrogen) atoms. The van der Waals surface area contributed by atoms with Crippen molar-refractivity contribution >= 4 is 0 Å². The molecule has 10 atom stereocenters. The highest BCUT2D eigenvalue weighted by Crippen LogP contribution is 2.31. The fourth-order valence-electron chi connectivity index (χ4n) is 8.09. The molecule has 6 heterocycles. The zero-order valence-corrected chi connectivity index (χ0v) is 18.9. The molecule has 5 nitrogen and oxygen atoms in total. The van der Waals surface area contributed by atoms with Gasteiger partial charge in [-0.3, -0.25) is 0 Å². The lowest BCUT2D eigenvalue weighted by molar-refractivity contribution is 0.369. The van der Waals surface area contributed by atoms with Crippen LogP contribution in [0.5, 0.6) is 0 Å². The molecular weight excluding hydrogens is 370 g/mol. The largest absolute Gasteiger partial charge is 0.311 e. The average Bonchev–Trinajstić information content (AvgIpc) is 3.52. The zero-order chi connectivity index (χ0) is 19.9. The van der Waals surface area contributed by atoms with Crippen LogP contribution in [-0.4, -0.2) is 60.4 Å². The van der Waals surface area contributed by atoms with Gasteiger partial charge in [-0.05, 0) is 96.3 Å². The van der Waals surface area contributed by atoms with Gasteiger partial charge in [0.2, 0.25) is 0 Å². The molecule has 5 N–H and O–H groups in total. The summed E-state index contributed by atoms with van der Waals surface area (Å²) in [4.78, 5) is 0. The minimum absolute atomic E-state index is 0.752. The Morgan fingerprint density at radius 1 is 0.233 bits per heavy atom. The topological polar surface area (TPSA) is 60.1 Å². The van der Waals surface area contributed by atoms with Crippen LogP contribution in [-0.2, 0) is 0 Å². The van der Waals surface area contributed by atoms with E-state index < -0.39 is 0 Å². The Morgan fingerprint density at radius 2 is 0.367 bits per heavy atom. The first-order chi connectivity index (χ1) is 14.7. The molecule has 0 aromatic heterocycles. The van der Waals surface area contributed by atoms with Crippen LogP contribution in [0.1, 0.15) is 96.3 Å². The lowest BCUT2D eigenvalue weighted by Crippen LogP contribution is -2.43. The maximum atomic E-state index is 4.03. The second-order valence-electron chi connectivity index (χ2n) is 11.9. The summed E-state index contributed by atoms with van der Waals surface area (Å²) < 4.78 is 0. The first-order valence-electron chi connectivity index (χ1n) is 13.6. The van der Waals surface area contributed by atoms with Gasteiger partial charge in [0.15, 0.2) is 0 Å². The van der Waals surface area contributed by atoms with Crippen molar-refractivity contribution in [3.05, 3.63) is 0 Å². The van der Waals surface area contributed by atoms with E-state index in [1.165, 1.54) is 96.3 Å². The zero-order valence-electron chi connectivity index (χ0n) is 18.9. The third-order valence-corrected chi connectivity index (χ3v) is 9.52. The molecule has 6 fully saturated rings. The second-order valence-corrected chi connectivity index (χ2v) is 11.9. The quantitative estimate of drug-likeness (QED) is 0.421. The minimum atomic E-state index is 0.752. The van der Waals surface area contributed by atoms with E-state index in [9.17, 15) is 0 Å².